The van der Waals surface area contributed by atoms with Gasteiger partial charge in [-0.3, -0.25) is 14.6 Å². The molecule has 1 saturated carbocycles. The Morgan fingerprint density at radius 2 is 1.68 bits per heavy atom. The molecule has 0 N–H and O–H groups in total. The average Bonchev–Trinajstić information content (AvgIpc) is 2.84. The SMILES string of the molecule is CC1=NC2=C(C(=O)C[C@@H](c3ccccc3)C2)[C@H](c2ccccc2F)C1C(=O)OC1CCCCC1. The third kappa shape index (κ3) is 4.36. The van der Waals surface area contributed by atoms with Crippen LogP contribution in [0.1, 0.15) is 74.8 Å². The molecule has 3 aliphatic rings. The zero-order valence-corrected chi connectivity index (χ0v) is 19.5. The number of benzene rings is 2. The van der Waals surface area contributed by atoms with E-state index in [1.807, 2.05) is 30.3 Å². The molecule has 3 atom stereocenters. The molecule has 0 amide bonds. The predicted octanol–water partition coefficient (Wildman–Crippen LogP) is 6.28. The van der Waals surface area contributed by atoms with Crippen LogP contribution in [0.15, 0.2) is 70.9 Å². The Labute approximate surface area is 199 Å². The zero-order valence-electron chi connectivity index (χ0n) is 19.5. The molecule has 0 saturated heterocycles. The molecule has 1 heterocycles. The molecular weight excluding hydrogens is 429 g/mol. The second-order valence-electron chi connectivity index (χ2n) is 9.73. The number of ketones is 1. The van der Waals surface area contributed by atoms with Gasteiger partial charge in [-0.05, 0) is 62.1 Å². The first kappa shape index (κ1) is 22.7. The van der Waals surface area contributed by atoms with Gasteiger partial charge in [0.1, 0.15) is 17.8 Å². The fourth-order valence-corrected chi connectivity index (χ4v) is 5.81. The van der Waals surface area contributed by atoms with Crippen molar-refractivity contribution in [3.63, 3.8) is 0 Å². The Morgan fingerprint density at radius 3 is 2.41 bits per heavy atom. The maximum Gasteiger partial charge on any atom is 0.315 e. The summed E-state index contributed by atoms with van der Waals surface area (Å²) in [6.45, 7) is 1.81. The zero-order chi connectivity index (χ0) is 23.7. The van der Waals surface area contributed by atoms with Crippen molar-refractivity contribution in [2.24, 2.45) is 10.9 Å². The molecule has 0 aromatic heterocycles. The molecule has 5 heteroatoms. The number of hydrogen-bond donors (Lipinski definition) is 0. The second-order valence-corrected chi connectivity index (χ2v) is 9.73. The smallest absolute Gasteiger partial charge is 0.315 e. The highest BCUT2D eigenvalue weighted by Crippen LogP contribution is 2.47. The van der Waals surface area contributed by atoms with Gasteiger partial charge in [-0.25, -0.2) is 4.39 Å². The van der Waals surface area contributed by atoms with E-state index >= 15 is 4.39 Å². The first-order valence-corrected chi connectivity index (χ1v) is 12.3. The van der Waals surface area contributed by atoms with Crippen LogP contribution in [0.2, 0.25) is 0 Å². The molecule has 2 aromatic carbocycles. The Balaban J connectivity index is 1.54. The first-order chi connectivity index (χ1) is 16.5. The topological polar surface area (TPSA) is 55.7 Å². The summed E-state index contributed by atoms with van der Waals surface area (Å²) in [4.78, 5) is 31.8. The summed E-state index contributed by atoms with van der Waals surface area (Å²) >= 11 is 0. The molecule has 176 valence electrons. The van der Waals surface area contributed by atoms with Crippen molar-refractivity contribution in [2.75, 3.05) is 0 Å². The van der Waals surface area contributed by atoms with Crippen molar-refractivity contribution < 1.29 is 18.7 Å². The van der Waals surface area contributed by atoms with Crippen LogP contribution in [0.3, 0.4) is 0 Å². The summed E-state index contributed by atoms with van der Waals surface area (Å²) in [6, 6.07) is 16.4. The van der Waals surface area contributed by atoms with E-state index in [1.165, 1.54) is 6.07 Å². The number of Topliss-reactive ketones (excluding diaryl/α,β-unsaturated/α-hetero) is 1. The van der Waals surface area contributed by atoms with E-state index in [-0.39, 0.29) is 17.8 Å². The minimum Gasteiger partial charge on any atom is -0.462 e. The van der Waals surface area contributed by atoms with Crippen molar-refractivity contribution >= 4 is 17.5 Å². The molecule has 0 spiro atoms. The molecule has 1 fully saturated rings. The Hall–Kier alpha value is -3.08. The van der Waals surface area contributed by atoms with Gasteiger partial charge < -0.3 is 4.74 Å². The number of nitrogens with zero attached hydrogens (tertiary/aromatic N) is 1. The molecular formula is C29H30FNO3. The largest absolute Gasteiger partial charge is 0.462 e. The lowest BCUT2D eigenvalue weighted by Crippen LogP contribution is -2.39. The molecule has 5 rings (SSSR count). The standard InChI is InChI=1S/C29H30FNO3/c1-18-26(29(33)34-21-12-6-3-7-13-21)27(22-14-8-9-15-23(22)30)28-24(31-18)16-20(17-25(28)32)19-10-4-2-5-11-19/h2,4-5,8-11,14-15,20-21,26-27H,3,6-7,12-13,16-17H2,1H3/t20-,26?,27+/m0/s1. The van der Waals surface area contributed by atoms with E-state index in [0.29, 0.717) is 35.4 Å². The minimum atomic E-state index is -0.796. The lowest BCUT2D eigenvalue weighted by molar-refractivity contribution is -0.153. The lowest BCUT2D eigenvalue weighted by atomic mass is 9.69. The van der Waals surface area contributed by atoms with Crippen LogP contribution in [0.5, 0.6) is 0 Å². The highest BCUT2D eigenvalue weighted by molar-refractivity contribution is 6.09. The highest BCUT2D eigenvalue weighted by Gasteiger charge is 2.46. The number of rotatable bonds is 4. The van der Waals surface area contributed by atoms with Gasteiger partial charge >= 0.3 is 5.97 Å². The van der Waals surface area contributed by atoms with E-state index in [1.54, 1.807) is 25.1 Å². The summed E-state index contributed by atoms with van der Waals surface area (Å²) < 4.78 is 21.0. The van der Waals surface area contributed by atoms with Gasteiger partial charge in [0.2, 0.25) is 0 Å². The number of ether oxygens (including phenoxy) is 1. The summed E-state index contributed by atoms with van der Waals surface area (Å²) in [6.07, 6.45) is 5.75. The Bertz CT molecular complexity index is 1150. The number of halogens is 1. The van der Waals surface area contributed by atoms with Crippen LogP contribution < -0.4 is 0 Å². The normalized spacial score (nSPS) is 25.5. The fourth-order valence-electron chi connectivity index (χ4n) is 5.81. The van der Waals surface area contributed by atoms with Crippen molar-refractivity contribution in [2.45, 2.75) is 69.8 Å². The number of esters is 1. The predicted molar refractivity (Wildman–Crippen MR) is 129 cm³/mol. The summed E-state index contributed by atoms with van der Waals surface area (Å²) in [5, 5.41) is 0. The lowest BCUT2D eigenvalue weighted by Gasteiger charge is -2.37. The summed E-state index contributed by atoms with van der Waals surface area (Å²) in [7, 11) is 0. The molecule has 0 radical (unpaired) electrons. The van der Waals surface area contributed by atoms with Crippen molar-refractivity contribution in [3.05, 3.63) is 82.8 Å². The van der Waals surface area contributed by atoms with E-state index < -0.39 is 23.6 Å². The average molecular weight is 460 g/mol. The maximum atomic E-state index is 15.1. The quantitative estimate of drug-likeness (QED) is 0.506. The second kappa shape index (κ2) is 9.65. The number of aliphatic imine (C=N–C) groups is 1. The van der Waals surface area contributed by atoms with Crippen molar-refractivity contribution in [1.29, 1.82) is 0 Å². The van der Waals surface area contributed by atoms with E-state index in [9.17, 15) is 9.59 Å². The van der Waals surface area contributed by atoms with Crippen molar-refractivity contribution in [1.82, 2.24) is 0 Å². The van der Waals surface area contributed by atoms with Crippen LogP contribution in [0.4, 0.5) is 4.39 Å². The molecule has 1 aliphatic heterocycles. The van der Waals surface area contributed by atoms with Gasteiger partial charge in [0.05, 0.1) is 0 Å². The highest BCUT2D eigenvalue weighted by atomic mass is 19.1. The third-order valence-electron chi connectivity index (χ3n) is 7.49. The molecule has 0 bridgehead atoms. The van der Waals surface area contributed by atoms with Gasteiger partial charge in [-0.1, -0.05) is 55.0 Å². The number of carbonyl (C=O) groups is 2. The van der Waals surface area contributed by atoms with Gasteiger partial charge in [-0.15, -0.1) is 0 Å². The number of hydrogen-bond acceptors (Lipinski definition) is 4. The van der Waals surface area contributed by atoms with E-state index in [2.05, 4.69) is 0 Å². The molecule has 34 heavy (non-hydrogen) atoms. The van der Waals surface area contributed by atoms with Gasteiger partial charge in [0.25, 0.3) is 0 Å². The molecule has 2 aliphatic carbocycles. The summed E-state index contributed by atoms with van der Waals surface area (Å²) in [5.74, 6) is -2.36. The van der Waals surface area contributed by atoms with Gasteiger partial charge in [0, 0.05) is 29.3 Å². The minimum absolute atomic E-state index is 0.0241. The molecule has 2 aromatic rings. The Kier molecular flexibility index (Phi) is 6.44. The fraction of sp³-hybridized carbons (Fsp3) is 0.414. The van der Waals surface area contributed by atoms with Crippen LogP contribution >= 0.6 is 0 Å². The van der Waals surface area contributed by atoms with Crippen LogP contribution in [-0.4, -0.2) is 23.6 Å². The van der Waals surface area contributed by atoms with Crippen LogP contribution in [-0.2, 0) is 14.3 Å². The Morgan fingerprint density at radius 1 is 0.971 bits per heavy atom. The molecule has 1 unspecified atom stereocenters. The van der Waals surface area contributed by atoms with Gasteiger partial charge in [0.15, 0.2) is 5.78 Å². The monoisotopic (exact) mass is 459 g/mol. The first-order valence-electron chi connectivity index (χ1n) is 12.3. The number of carbonyl (C=O) groups excluding carboxylic acids is 2. The van der Waals surface area contributed by atoms with Gasteiger partial charge in [-0.2, -0.15) is 0 Å². The van der Waals surface area contributed by atoms with Crippen LogP contribution in [0.25, 0.3) is 0 Å². The number of allylic oxidation sites excluding steroid dienone is 2. The third-order valence-corrected chi connectivity index (χ3v) is 7.49. The molecule has 4 nitrogen and oxygen atoms in total. The summed E-state index contributed by atoms with van der Waals surface area (Å²) in [5.41, 5.74) is 3.21. The maximum absolute atomic E-state index is 15.1. The van der Waals surface area contributed by atoms with Crippen molar-refractivity contribution in [3.8, 4) is 0 Å². The van der Waals surface area contributed by atoms with E-state index in [0.717, 1.165) is 37.7 Å². The van der Waals surface area contributed by atoms with E-state index in [4.69, 9.17) is 9.73 Å². The van der Waals surface area contributed by atoms with Crippen LogP contribution in [0, 0.1) is 11.7 Å².